The van der Waals surface area contributed by atoms with Gasteiger partial charge in [-0.2, -0.15) is 0 Å². The number of amides is 1. The average molecular weight is 551 g/mol. The maximum Gasteiger partial charge on any atom is 0.250 e. The Hall–Kier alpha value is -3.37. The molecule has 1 fully saturated rings. The van der Waals surface area contributed by atoms with E-state index in [-0.39, 0.29) is 24.6 Å². The van der Waals surface area contributed by atoms with Crippen molar-refractivity contribution >= 4 is 58.0 Å². The third-order valence-electron chi connectivity index (χ3n) is 5.73. The standard InChI is InChI=1S/C27H23ClN4O3S2/c1-34-16-23(33)30-20-11-10-17(15-19(20)28)32-26(25(31-27(32)36)21-9-5-6-14-29-21)22-12-13-24(35-22)37-18-7-3-2-4-8-18/h2-15,25-26H,16H2,1H3,(H,30,33)(H,31,36)/t25-,26+/m0/s1. The van der Waals surface area contributed by atoms with Gasteiger partial charge in [0.05, 0.1) is 22.4 Å². The number of benzene rings is 2. The summed E-state index contributed by atoms with van der Waals surface area (Å²) < 4.78 is 11.2. The van der Waals surface area contributed by atoms with Crippen molar-refractivity contribution in [1.82, 2.24) is 10.3 Å². The van der Waals surface area contributed by atoms with Crippen molar-refractivity contribution in [2.75, 3.05) is 23.9 Å². The van der Waals surface area contributed by atoms with E-state index in [0.717, 1.165) is 27.1 Å². The van der Waals surface area contributed by atoms with Crippen LogP contribution in [0.25, 0.3) is 0 Å². The lowest BCUT2D eigenvalue weighted by Crippen LogP contribution is -2.29. The van der Waals surface area contributed by atoms with Gasteiger partial charge in [-0.3, -0.25) is 9.78 Å². The van der Waals surface area contributed by atoms with E-state index in [2.05, 4.69) is 15.6 Å². The van der Waals surface area contributed by atoms with Gasteiger partial charge >= 0.3 is 0 Å². The van der Waals surface area contributed by atoms with Gasteiger partial charge in [0.25, 0.3) is 0 Å². The molecule has 0 radical (unpaired) electrons. The van der Waals surface area contributed by atoms with Gasteiger partial charge in [-0.1, -0.05) is 47.6 Å². The Kier molecular flexibility index (Phi) is 7.76. The molecule has 0 unspecified atom stereocenters. The van der Waals surface area contributed by atoms with Crippen LogP contribution < -0.4 is 15.5 Å². The van der Waals surface area contributed by atoms with Crippen LogP contribution >= 0.6 is 35.6 Å². The molecule has 3 heterocycles. The number of nitrogens with one attached hydrogen (secondary N) is 2. The summed E-state index contributed by atoms with van der Waals surface area (Å²) in [6.07, 6.45) is 1.76. The Morgan fingerprint density at radius 1 is 1.16 bits per heavy atom. The van der Waals surface area contributed by atoms with E-state index in [9.17, 15) is 4.79 Å². The fraction of sp³-hybridized carbons (Fsp3) is 0.148. The van der Waals surface area contributed by atoms with Gasteiger partial charge in [-0.25, -0.2) is 0 Å². The lowest BCUT2D eigenvalue weighted by Gasteiger charge is -2.26. The van der Waals surface area contributed by atoms with Crippen molar-refractivity contribution < 1.29 is 13.9 Å². The number of rotatable bonds is 8. The van der Waals surface area contributed by atoms with Crippen molar-refractivity contribution in [3.8, 4) is 0 Å². The molecule has 2 N–H and O–H groups in total. The smallest absolute Gasteiger partial charge is 0.250 e. The zero-order valence-corrected chi connectivity index (χ0v) is 22.1. The van der Waals surface area contributed by atoms with Crippen LogP contribution in [0.15, 0.2) is 99.5 Å². The third kappa shape index (κ3) is 5.65. The second kappa shape index (κ2) is 11.4. The van der Waals surface area contributed by atoms with E-state index in [1.807, 2.05) is 71.6 Å². The van der Waals surface area contributed by atoms with E-state index in [1.165, 1.54) is 7.11 Å². The monoisotopic (exact) mass is 550 g/mol. The third-order valence-corrected chi connectivity index (χ3v) is 7.29. The molecule has 4 aromatic rings. The molecule has 10 heteroatoms. The van der Waals surface area contributed by atoms with Gasteiger partial charge in [0.2, 0.25) is 5.91 Å². The molecule has 5 rings (SSSR count). The number of furan rings is 1. The maximum atomic E-state index is 12.0. The molecule has 7 nitrogen and oxygen atoms in total. The molecule has 2 atom stereocenters. The summed E-state index contributed by atoms with van der Waals surface area (Å²) >= 11 is 13.9. The van der Waals surface area contributed by atoms with Gasteiger partial charge in [-0.15, -0.1) is 0 Å². The number of methoxy groups -OCH3 is 1. The fourth-order valence-corrected chi connectivity index (χ4v) is 5.51. The molecule has 0 spiro atoms. The van der Waals surface area contributed by atoms with Crippen LogP contribution in [-0.4, -0.2) is 29.7 Å². The van der Waals surface area contributed by atoms with Crippen molar-refractivity contribution in [3.05, 3.63) is 102 Å². The molecule has 2 aromatic carbocycles. The first-order valence-corrected chi connectivity index (χ1v) is 13.1. The van der Waals surface area contributed by atoms with Gasteiger partial charge in [-0.05, 0) is 66.8 Å². The lowest BCUT2D eigenvalue weighted by atomic mass is 10.0. The summed E-state index contributed by atoms with van der Waals surface area (Å²) in [5.41, 5.74) is 2.08. The lowest BCUT2D eigenvalue weighted by molar-refractivity contribution is -0.119. The highest BCUT2D eigenvalue weighted by Gasteiger charge is 2.42. The fourth-order valence-electron chi connectivity index (χ4n) is 4.15. The van der Waals surface area contributed by atoms with Crippen molar-refractivity contribution in [1.29, 1.82) is 0 Å². The van der Waals surface area contributed by atoms with E-state index in [0.29, 0.717) is 15.8 Å². The quantitative estimate of drug-likeness (QED) is 0.250. The Bertz CT molecular complexity index is 1400. The zero-order valence-electron chi connectivity index (χ0n) is 19.8. The molecule has 37 heavy (non-hydrogen) atoms. The van der Waals surface area contributed by atoms with Crippen molar-refractivity contribution in [2.45, 2.75) is 22.1 Å². The van der Waals surface area contributed by atoms with Crippen molar-refractivity contribution in [3.63, 3.8) is 0 Å². The Labute approximate surface area is 229 Å². The molecule has 188 valence electrons. The highest BCUT2D eigenvalue weighted by molar-refractivity contribution is 7.99. The Morgan fingerprint density at radius 2 is 1.97 bits per heavy atom. The van der Waals surface area contributed by atoms with Gasteiger partial charge in [0.15, 0.2) is 10.2 Å². The summed E-state index contributed by atoms with van der Waals surface area (Å²) in [6.45, 7) is -0.0616. The van der Waals surface area contributed by atoms with E-state index in [1.54, 1.807) is 30.1 Å². The first-order chi connectivity index (χ1) is 18.0. The number of pyridine rings is 1. The number of aromatic nitrogens is 1. The number of halogens is 1. The number of ether oxygens (including phenoxy) is 1. The van der Waals surface area contributed by atoms with Crippen LogP contribution in [0, 0.1) is 0 Å². The first kappa shape index (κ1) is 25.3. The predicted octanol–water partition coefficient (Wildman–Crippen LogP) is 6.24. The molecule has 2 aromatic heterocycles. The number of carbonyl (C=O) groups is 1. The number of nitrogens with zero attached hydrogens (tertiary/aromatic N) is 2. The number of hydrogen-bond donors (Lipinski definition) is 2. The Balaban J connectivity index is 1.49. The molecule has 0 aliphatic carbocycles. The molecular formula is C27H23ClN4O3S2. The van der Waals surface area contributed by atoms with Crippen LogP contribution in [-0.2, 0) is 9.53 Å². The van der Waals surface area contributed by atoms with Crippen LogP contribution in [0.4, 0.5) is 11.4 Å². The molecular weight excluding hydrogens is 528 g/mol. The van der Waals surface area contributed by atoms with Gasteiger partial charge < -0.3 is 24.7 Å². The minimum absolute atomic E-state index is 0.0616. The first-order valence-electron chi connectivity index (χ1n) is 11.4. The van der Waals surface area contributed by atoms with E-state index in [4.69, 9.17) is 33.0 Å². The van der Waals surface area contributed by atoms with Crippen molar-refractivity contribution in [2.24, 2.45) is 0 Å². The average Bonchev–Trinajstić information content (AvgIpc) is 3.50. The van der Waals surface area contributed by atoms with Crippen LogP contribution in [0.1, 0.15) is 23.5 Å². The molecule has 0 bridgehead atoms. The summed E-state index contributed by atoms with van der Waals surface area (Å²) in [4.78, 5) is 19.6. The highest BCUT2D eigenvalue weighted by Crippen LogP contribution is 2.44. The van der Waals surface area contributed by atoms with Crippen LogP contribution in [0.5, 0.6) is 0 Å². The summed E-state index contributed by atoms with van der Waals surface area (Å²) in [6, 6.07) is 24.6. The second-order valence-corrected chi connectivity index (χ2v) is 10.1. The molecule has 0 saturated carbocycles. The highest BCUT2D eigenvalue weighted by atomic mass is 35.5. The summed E-state index contributed by atoms with van der Waals surface area (Å²) in [5, 5.41) is 7.82. The second-order valence-electron chi connectivity index (χ2n) is 8.21. The molecule has 1 amide bonds. The Morgan fingerprint density at radius 3 is 2.70 bits per heavy atom. The SMILES string of the molecule is COCC(=O)Nc1ccc(N2C(=S)N[C@@H](c3ccccn3)[C@H]2c2ccc(Sc3ccccc3)o2)cc1Cl. The normalized spacial score (nSPS) is 17.0. The largest absolute Gasteiger partial charge is 0.452 e. The summed E-state index contributed by atoms with van der Waals surface area (Å²) in [5.74, 6) is 0.442. The maximum absolute atomic E-state index is 12.0. The molecule has 1 aliphatic rings. The number of thiocarbonyl (C=S) groups is 1. The number of hydrogen-bond acceptors (Lipinski definition) is 6. The molecule has 1 saturated heterocycles. The summed E-state index contributed by atoms with van der Waals surface area (Å²) in [7, 11) is 1.46. The zero-order chi connectivity index (χ0) is 25.8. The predicted molar refractivity (Wildman–Crippen MR) is 149 cm³/mol. The molecule has 1 aliphatic heterocycles. The number of anilines is 2. The number of carbonyl (C=O) groups excluding carboxylic acids is 1. The van der Waals surface area contributed by atoms with Crippen LogP contribution in [0.3, 0.4) is 0 Å². The van der Waals surface area contributed by atoms with Gasteiger partial charge in [0.1, 0.15) is 18.4 Å². The van der Waals surface area contributed by atoms with E-state index < -0.39 is 0 Å². The topological polar surface area (TPSA) is 79.6 Å². The minimum atomic E-state index is -0.322. The van der Waals surface area contributed by atoms with E-state index >= 15 is 0 Å². The van der Waals surface area contributed by atoms with Gasteiger partial charge in [0, 0.05) is 23.9 Å². The van der Waals surface area contributed by atoms with Crippen LogP contribution in [0.2, 0.25) is 5.02 Å². The minimum Gasteiger partial charge on any atom is -0.452 e.